The Labute approximate surface area is 234 Å². The van der Waals surface area contributed by atoms with E-state index in [1.165, 1.54) is 18.4 Å². The number of furan rings is 1. The van der Waals surface area contributed by atoms with E-state index in [1.54, 1.807) is 48.8 Å². The van der Waals surface area contributed by atoms with Gasteiger partial charge in [-0.3, -0.25) is 9.36 Å². The Balaban J connectivity index is 1.58. The number of allylic oxidation sites excluding steroid dienone is 1. The molecule has 0 N–H and O–H groups in total. The molecule has 0 aliphatic carbocycles. The molecule has 204 valence electrons. The highest BCUT2D eigenvalue weighted by Crippen LogP contribution is 2.31. The first kappa shape index (κ1) is 27.1. The van der Waals surface area contributed by atoms with E-state index in [2.05, 4.69) is 4.99 Å². The van der Waals surface area contributed by atoms with Gasteiger partial charge in [0.2, 0.25) is 0 Å². The highest BCUT2D eigenvalue weighted by atomic mass is 32.1. The minimum Gasteiger partial charge on any atom is -0.465 e. The van der Waals surface area contributed by atoms with E-state index in [0.29, 0.717) is 37.7 Å². The lowest BCUT2D eigenvalue weighted by atomic mass is 9.95. The van der Waals surface area contributed by atoms with E-state index in [1.807, 2.05) is 44.2 Å². The normalized spacial score (nSPS) is 15.0. The number of rotatable bonds is 6. The van der Waals surface area contributed by atoms with Crippen LogP contribution in [-0.4, -0.2) is 30.2 Å². The summed E-state index contributed by atoms with van der Waals surface area (Å²) in [6.07, 6.45) is 1.68. The Hall–Kier alpha value is -4.50. The van der Waals surface area contributed by atoms with Gasteiger partial charge < -0.3 is 13.9 Å². The average molecular weight is 557 g/mol. The summed E-state index contributed by atoms with van der Waals surface area (Å²) in [4.78, 5) is 43.8. The summed E-state index contributed by atoms with van der Waals surface area (Å²) >= 11 is 1.24. The van der Waals surface area contributed by atoms with E-state index >= 15 is 0 Å². The van der Waals surface area contributed by atoms with Crippen molar-refractivity contribution in [3.05, 3.63) is 114 Å². The first-order valence-electron chi connectivity index (χ1n) is 12.8. The predicted octanol–water partition coefficient (Wildman–Crippen LogP) is 4.46. The Morgan fingerprint density at radius 1 is 1.05 bits per heavy atom. The first-order chi connectivity index (χ1) is 19.2. The van der Waals surface area contributed by atoms with Gasteiger partial charge in [-0.25, -0.2) is 14.6 Å². The van der Waals surface area contributed by atoms with Gasteiger partial charge in [0.05, 0.1) is 41.1 Å². The lowest BCUT2D eigenvalue weighted by Gasteiger charge is -2.24. The van der Waals surface area contributed by atoms with Crippen LogP contribution in [0.15, 0.2) is 80.1 Å². The van der Waals surface area contributed by atoms with E-state index in [4.69, 9.17) is 13.9 Å². The molecule has 0 saturated heterocycles. The monoisotopic (exact) mass is 556 g/mol. The smallest absolute Gasteiger partial charge is 0.338 e. The lowest BCUT2D eigenvalue weighted by molar-refractivity contribution is -0.139. The number of methoxy groups -OCH3 is 1. The maximum absolute atomic E-state index is 13.8. The summed E-state index contributed by atoms with van der Waals surface area (Å²) in [5.74, 6) is 0.194. The third-order valence-electron chi connectivity index (χ3n) is 6.72. The lowest BCUT2D eigenvalue weighted by Crippen LogP contribution is -2.39. The van der Waals surface area contributed by atoms with Crippen molar-refractivity contribution in [2.75, 3.05) is 13.7 Å². The van der Waals surface area contributed by atoms with E-state index in [9.17, 15) is 14.4 Å². The number of aromatic nitrogens is 1. The van der Waals surface area contributed by atoms with Gasteiger partial charge in [0.15, 0.2) is 4.80 Å². The van der Waals surface area contributed by atoms with Crippen molar-refractivity contribution in [1.82, 2.24) is 4.57 Å². The third-order valence-corrected chi connectivity index (χ3v) is 7.71. The molecule has 5 rings (SSSR count). The SMILES string of the molecule is CCOC(=O)C1=C(C)N=c2s/c(=C/c3ccc(-c4ccc(C(=O)OC)cc4C)o3)c(=O)n2[C@H]1c1ccc(C)cc1. The molecule has 0 unspecified atom stereocenters. The van der Waals surface area contributed by atoms with Crippen LogP contribution < -0.4 is 14.9 Å². The maximum atomic E-state index is 13.8. The summed E-state index contributed by atoms with van der Waals surface area (Å²) in [5, 5.41) is 0. The van der Waals surface area contributed by atoms with Crippen molar-refractivity contribution >= 4 is 29.4 Å². The second-order valence-electron chi connectivity index (χ2n) is 9.44. The molecule has 4 aromatic rings. The number of nitrogens with zero attached hydrogens (tertiary/aromatic N) is 2. The largest absolute Gasteiger partial charge is 0.465 e. The number of hydrogen-bond donors (Lipinski definition) is 0. The Morgan fingerprint density at radius 2 is 1.80 bits per heavy atom. The van der Waals surface area contributed by atoms with Gasteiger partial charge in [0.25, 0.3) is 5.56 Å². The predicted molar refractivity (Wildman–Crippen MR) is 152 cm³/mol. The molecule has 2 aromatic heterocycles. The standard InChI is InChI=1S/C31H28N2O6S/c1-6-38-30(36)26-19(4)32-31-33(27(26)20-9-7-17(2)8-10-20)28(34)25(40-31)16-22-12-14-24(39-22)23-13-11-21(15-18(23)3)29(35)37-5/h7-16,27H,6H2,1-5H3/b25-16+/t27-/m0/s1. The number of esters is 2. The van der Waals surface area contributed by atoms with Gasteiger partial charge in [-0.2, -0.15) is 0 Å². The quantitative estimate of drug-likeness (QED) is 0.325. The molecule has 0 fully saturated rings. The topological polar surface area (TPSA) is 100 Å². The van der Waals surface area contributed by atoms with Crippen LogP contribution in [0.25, 0.3) is 17.4 Å². The second kappa shape index (κ2) is 10.9. The van der Waals surface area contributed by atoms with Crippen LogP contribution in [0.3, 0.4) is 0 Å². The number of ether oxygens (including phenoxy) is 2. The molecule has 0 saturated carbocycles. The molecule has 40 heavy (non-hydrogen) atoms. The molecule has 1 atom stereocenters. The summed E-state index contributed by atoms with van der Waals surface area (Å²) < 4.78 is 18.2. The maximum Gasteiger partial charge on any atom is 0.338 e. The number of aryl methyl sites for hydroxylation is 2. The van der Waals surface area contributed by atoms with E-state index < -0.39 is 18.0 Å². The molecule has 1 aliphatic heterocycles. The first-order valence-corrected chi connectivity index (χ1v) is 13.6. The molecule has 1 aliphatic rings. The fraction of sp³-hybridized carbons (Fsp3) is 0.226. The average Bonchev–Trinajstić information content (AvgIpc) is 3.52. The molecule has 2 aromatic carbocycles. The van der Waals surface area contributed by atoms with Crippen LogP contribution in [0, 0.1) is 13.8 Å². The van der Waals surface area contributed by atoms with Crippen LogP contribution in [0.5, 0.6) is 0 Å². The van der Waals surface area contributed by atoms with Gasteiger partial charge in [0.1, 0.15) is 11.5 Å². The number of hydrogen-bond acceptors (Lipinski definition) is 8. The Bertz CT molecular complexity index is 1840. The molecule has 8 nitrogen and oxygen atoms in total. The number of benzene rings is 2. The van der Waals surface area contributed by atoms with Gasteiger partial charge in [-0.1, -0.05) is 47.2 Å². The molecule has 0 bridgehead atoms. The minimum absolute atomic E-state index is 0.215. The fourth-order valence-electron chi connectivity index (χ4n) is 4.74. The fourth-order valence-corrected chi connectivity index (χ4v) is 5.77. The number of thiazole rings is 1. The molecule has 0 spiro atoms. The van der Waals surface area contributed by atoms with Gasteiger partial charge in [-0.15, -0.1) is 0 Å². The number of fused-ring (bicyclic) bond motifs is 1. The molecular weight excluding hydrogens is 528 g/mol. The van der Waals surface area contributed by atoms with Gasteiger partial charge in [0, 0.05) is 11.6 Å². The molecule has 3 heterocycles. The Kier molecular flexibility index (Phi) is 7.40. The van der Waals surface area contributed by atoms with Crippen molar-refractivity contribution in [1.29, 1.82) is 0 Å². The van der Waals surface area contributed by atoms with Crippen LogP contribution in [0.4, 0.5) is 0 Å². The zero-order valence-corrected chi connectivity index (χ0v) is 23.6. The van der Waals surface area contributed by atoms with E-state index in [0.717, 1.165) is 22.3 Å². The molecule has 0 radical (unpaired) electrons. The third kappa shape index (κ3) is 4.96. The van der Waals surface area contributed by atoms with Crippen LogP contribution in [-0.2, 0) is 14.3 Å². The molecule has 9 heteroatoms. The summed E-state index contributed by atoms with van der Waals surface area (Å²) in [7, 11) is 1.34. The molecular formula is C31H28N2O6S. The zero-order valence-electron chi connectivity index (χ0n) is 22.8. The zero-order chi connectivity index (χ0) is 28.6. The van der Waals surface area contributed by atoms with E-state index in [-0.39, 0.29) is 12.2 Å². The second-order valence-corrected chi connectivity index (χ2v) is 10.4. The van der Waals surface area contributed by atoms with Crippen molar-refractivity contribution in [2.24, 2.45) is 4.99 Å². The summed E-state index contributed by atoms with van der Waals surface area (Å²) in [5.41, 5.74) is 4.57. The van der Waals surface area contributed by atoms with Gasteiger partial charge >= 0.3 is 11.9 Å². The summed E-state index contributed by atoms with van der Waals surface area (Å²) in [6, 6.07) is 15.9. The van der Waals surface area contributed by atoms with Crippen molar-refractivity contribution in [3.63, 3.8) is 0 Å². The van der Waals surface area contributed by atoms with Crippen molar-refractivity contribution < 1.29 is 23.5 Å². The minimum atomic E-state index is -0.666. The van der Waals surface area contributed by atoms with Crippen LogP contribution in [0.2, 0.25) is 0 Å². The highest BCUT2D eigenvalue weighted by Gasteiger charge is 2.33. The van der Waals surface area contributed by atoms with Crippen LogP contribution >= 0.6 is 11.3 Å². The number of carbonyl (C=O) groups excluding carboxylic acids is 2. The summed E-state index contributed by atoms with van der Waals surface area (Å²) in [6.45, 7) is 7.59. The highest BCUT2D eigenvalue weighted by molar-refractivity contribution is 7.07. The van der Waals surface area contributed by atoms with Crippen molar-refractivity contribution in [3.8, 4) is 11.3 Å². The Morgan fingerprint density at radius 3 is 2.48 bits per heavy atom. The molecule has 0 amide bonds. The van der Waals surface area contributed by atoms with Gasteiger partial charge in [-0.05, 0) is 63.1 Å². The number of carbonyl (C=O) groups is 2. The van der Waals surface area contributed by atoms with Crippen molar-refractivity contribution in [2.45, 2.75) is 33.7 Å². The van der Waals surface area contributed by atoms with Crippen LogP contribution in [0.1, 0.15) is 52.7 Å².